The van der Waals surface area contributed by atoms with Gasteiger partial charge in [0.1, 0.15) is 5.75 Å². The minimum Gasteiger partial charge on any atom is -0.490 e. The number of aryl methyl sites for hydroxylation is 1. The van der Waals surface area contributed by atoms with Crippen molar-refractivity contribution >= 4 is 33.2 Å². The average Bonchev–Trinajstić information content (AvgIpc) is 3.25. The van der Waals surface area contributed by atoms with Gasteiger partial charge in [0.2, 0.25) is 10.0 Å². The molecule has 52 heavy (non-hydrogen) atoms. The van der Waals surface area contributed by atoms with E-state index in [1.54, 1.807) is 13.0 Å². The molecule has 0 unspecified atom stereocenters. The molecule has 284 valence electrons. The molecule has 9 nitrogen and oxygen atoms in total. The molecule has 0 aromatic heterocycles. The van der Waals surface area contributed by atoms with Crippen LogP contribution in [0.3, 0.4) is 0 Å². The lowest BCUT2D eigenvalue weighted by molar-refractivity contribution is -0.000936. The molecule has 1 N–H and O–H groups in total. The van der Waals surface area contributed by atoms with Gasteiger partial charge in [-0.05, 0) is 124 Å². The number of hydrogen-bond acceptors (Lipinski definition) is 8. The largest absolute Gasteiger partial charge is 0.490 e. The fourth-order valence-corrected chi connectivity index (χ4v) is 12.1. The van der Waals surface area contributed by atoms with Crippen LogP contribution in [0.5, 0.6) is 5.75 Å². The van der Waals surface area contributed by atoms with Crippen molar-refractivity contribution in [3.63, 3.8) is 0 Å². The number of amides is 1. The van der Waals surface area contributed by atoms with Crippen molar-refractivity contribution in [1.29, 1.82) is 0 Å². The van der Waals surface area contributed by atoms with Gasteiger partial charge in [0.05, 0.1) is 17.5 Å². The first-order valence-electron chi connectivity index (χ1n) is 20.0. The minimum absolute atomic E-state index is 0.0576. The Hall–Kier alpha value is -2.37. The van der Waals surface area contributed by atoms with Crippen LogP contribution in [0.15, 0.2) is 36.4 Å². The van der Waals surface area contributed by atoms with Crippen LogP contribution in [0.1, 0.15) is 80.3 Å². The minimum atomic E-state index is -3.87. The predicted octanol–water partition coefficient (Wildman–Crippen LogP) is 5.66. The number of likely N-dealkylation sites (N-methyl/N-ethyl adjacent to an activating group) is 1. The number of sulfonamides is 1. The molecule has 1 saturated carbocycles. The Labute approximate surface area is 316 Å². The molecule has 4 aliphatic heterocycles. The lowest BCUT2D eigenvalue weighted by Gasteiger charge is -2.50. The first-order valence-corrected chi connectivity index (χ1v) is 21.9. The van der Waals surface area contributed by atoms with Crippen molar-refractivity contribution in [2.45, 2.75) is 81.9 Å². The number of hydrogen-bond donors (Lipinski definition) is 1. The van der Waals surface area contributed by atoms with E-state index in [1.165, 1.54) is 30.5 Å². The maximum atomic E-state index is 13.6. The van der Waals surface area contributed by atoms with Gasteiger partial charge >= 0.3 is 0 Å². The molecule has 1 spiro atoms. The highest BCUT2D eigenvalue weighted by Crippen LogP contribution is 2.48. The topological polar surface area (TPSA) is 85.4 Å². The Morgan fingerprint density at radius 3 is 2.63 bits per heavy atom. The Balaban J connectivity index is 1.13. The molecule has 0 radical (unpaired) electrons. The monoisotopic (exact) mass is 751 g/mol. The summed E-state index contributed by atoms with van der Waals surface area (Å²) in [5.74, 6) is 1.87. The molecule has 2 aliphatic carbocycles. The molecule has 7 atom stereocenters. The summed E-state index contributed by atoms with van der Waals surface area (Å²) < 4.78 is 36.3. The van der Waals surface area contributed by atoms with E-state index in [4.69, 9.17) is 16.3 Å². The Bertz CT molecular complexity index is 1760. The van der Waals surface area contributed by atoms with E-state index >= 15 is 0 Å². The van der Waals surface area contributed by atoms with Crippen LogP contribution in [-0.4, -0.2) is 113 Å². The molecular formula is C41H58ClN5O4S. The summed E-state index contributed by atoms with van der Waals surface area (Å²) in [6.45, 7) is 14.0. The summed E-state index contributed by atoms with van der Waals surface area (Å²) in [5, 5.41) is 0.101. The predicted molar refractivity (Wildman–Crippen MR) is 208 cm³/mol. The van der Waals surface area contributed by atoms with Crippen molar-refractivity contribution in [1.82, 2.24) is 19.4 Å². The number of carbonyl (C=O) groups excluding carboxylic acids is 1. The second-order valence-corrected chi connectivity index (χ2v) is 19.8. The van der Waals surface area contributed by atoms with E-state index in [9.17, 15) is 13.2 Å². The van der Waals surface area contributed by atoms with Gasteiger partial charge in [0.25, 0.3) is 5.91 Å². The molecule has 2 saturated heterocycles. The number of fused-ring (bicyclic) bond motifs is 5. The third kappa shape index (κ3) is 7.24. The maximum absolute atomic E-state index is 13.6. The second kappa shape index (κ2) is 14.7. The summed E-state index contributed by atoms with van der Waals surface area (Å²) in [7, 11) is -1.61. The molecule has 1 amide bonds. The number of nitrogens with zero attached hydrogens (tertiary/aromatic N) is 4. The quantitative estimate of drug-likeness (QED) is 0.422. The van der Waals surface area contributed by atoms with Gasteiger partial charge in [-0.1, -0.05) is 31.0 Å². The van der Waals surface area contributed by atoms with Gasteiger partial charge < -0.3 is 19.4 Å². The molecule has 2 aromatic carbocycles. The molecular weight excluding hydrogens is 694 g/mol. The van der Waals surface area contributed by atoms with Crippen molar-refractivity contribution in [3.05, 3.63) is 58.1 Å². The Kier molecular flexibility index (Phi) is 10.3. The van der Waals surface area contributed by atoms with Gasteiger partial charge in [-0.3, -0.25) is 9.69 Å². The van der Waals surface area contributed by atoms with Crippen molar-refractivity contribution in [2.24, 2.45) is 23.7 Å². The van der Waals surface area contributed by atoms with Crippen LogP contribution < -0.4 is 14.4 Å². The normalized spacial score (nSPS) is 34.5. The Morgan fingerprint density at radius 2 is 1.81 bits per heavy atom. The lowest BCUT2D eigenvalue weighted by atomic mass is 9.65. The first kappa shape index (κ1) is 36.6. The van der Waals surface area contributed by atoms with Crippen LogP contribution in [-0.2, 0) is 21.9 Å². The van der Waals surface area contributed by atoms with Crippen LogP contribution >= 0.6 is 11.6 Å². The number of rotatable bonds is 2. The number of piperazine rings is 2. The molecule has 4 heterocycles. The van der Waals surface area contributed by atoms with Crippen LogP contribution in [0.25, 0.3) is 0 Å². The van der Waals surface area contributed by atoms with Gasteiger partial charge in [0.15, 0.2) is 0 Å². The lowest BCUT2D eigenvalue weighted by Crippen LogP contribution is -2.62. The van der Waals surface area contributed by atoms with Crippen LogP contribution in [0.4, 0.5) is 5.69 Å². The van der Waals surface area contributed by atoms with Crippen molar-refractivity contribution < 1.29 is 17.9 Å². The fraction of sp³-hybridized carbons (Fsp3) is 0.683. The third-order valence-electron chi connectivity index (χ3n) is 14.1. The van der Waals surface area contributed by atoms with Gasteiger partial charge in [0, 0.05) is 80.9 Å². The van der Waals surface area contributed by atoms with Gasteiger partial charge in [-0.15, -0.1) is 0 Å². The van der Waals surface area contributed by atoms with E-state index < -0.39 is 21.2 Å². The van der Waals surface area contributed by atoms with E-state index in [1.807, 2.05) is 25.1 Å². The van der Waals surface area contributed by atoms with E-state index in [0.717, 1.165) is 107 Å². The zero-order chi connectivity index (χ0) is 36.2. The van der Waals surface area contributed by atoms with Gasteiger partial charge in [-0.2, -0.15) is 0 Å². The van der Waals surface area contributed by atoms with Crippen LogP contribution in [0.2, 0.25) is 5.02 Å². The number of halogens is 1. The zero-order valence-electron chi connectivity index (χ0n) is 31.4. The maximum Gasteiger partial charge on any atom is 0.264 e. The number of nitrogens with one attached hydrogen (secondary N) is 1. The molecule has 11 heteroatoms. The highest BCUT2D eigenvalue weighted by molar-refractivity contribution is 7.90. The molecule has 3 fully saturated rings. The second-order valence-electron chi connectivity index (χ2n) is 17.3. The molecule has 2 aromatic rings. The summed E-state index contributed by atoms with van der Waals surface area (Å²) in [4.78, 5) is 24.1. The summed E-state index contributed by atoms with van der Waals surface area (Å²) in [5.41, 5.74) is 3.68. The molecule has 6 aliphatic rings. The summed E-state index contributed by atoms with van der Waals surface area (Å²) in [6, 6.07) is 12.4. The smallest absolute Gasteiger partial charge is 0.264 e. The first-order chi connectivity index (χ1) is 25.0. The number of carbonyl (C=O) groups is 1. The van der Waals surface area contributed by atoms with Crippen molar-refractivity contribution in [2.75, 3.05) is 77.5 Å². The molecule has 2 bridgehead atoms. The third-order valence-corrected chi connectivity index (χ3v) is 16.2. The van der Waals surface area contributed by atoms with Gasteiger partial charge in [-0.25, -0.2) is 13.1 Å². The number of benzene rings is 2. The van der Waals surface area contributed by atoms with Crippen LogP contribution in [0, 0.1) is 23.7 Å². The standard InChI is InChI=1S/C41H58ClN5O4S/c1-28-6-4-7-32(22-45-17-19-46-18-16-44(3)24-35(46)25-45)36-12-9-33(36)23-47-26-41(15-5-8-30-20-34(42)11-13-37(30)41)27-51-39-14-10-31(21-38(39)47)40(48)43-52(49,50)29(28)2/h10-11,13-14,20-21,28-29,32-33,35-36H,4-9,12,15-19,22-27H2,1-3H3,(H,43,48)/t28-,29+,32+,33-,35-,36-,41-/m0/s1. The SMILES string of the molecule is C[C@@H]1[C@@H](C)CCC[C@H](CN2CCN3CCN(C)C[C@H]3C2)[C@@H]2CC[C@H]2CN2C[C@@]3(CCCc4cc(Cl)ccc43)COc3ccc(cc32)C(=O)NS1(=O)=O. The van der Waals surface area contributed by atoms with Crippen molar-refractivity contribution in [3.8, 4) is 5.75 Å². The highest BCUT2D eigenvalue weighted by atomic mass is 35.5. The summed E-state index contributed by atoms with van der Waals surface area (Å²) in [6.07, 6.45) is 8.50. The number of ether oxygens (including phenoxy) is 1. The highest BCUT2D eigenvalue weighted by Gasteiger charge is 2.45. The average molecular weight is 752 g/mol. The van der Waals surface area contributed by atoms with E-state index in [2.05, 4.69) is 43.5 Å². The fourth-order valence-electron chi connectivity index (χ4n) is 10.6. The zero-order valence-corrected chi connectivity index (χ0v) is 32.9. The molecule has 8 rings (SSSR count). The van der Waals surface area contributed by atoms with E-state index in [-0.39, 0.29) is 11.3 Å². The Morgan fingerprint density at radius 1 is 0.962 bits per heavy atom. The summed E-state index contributed by atoms with van der Waals surface area (Å²) >= 11 is 6.51. The number of anilines is 1. The van der Waals surface area contributed by atoms with E-state index in [0.29, 0.717) is 36.0 Å².